The molecule has 1 heteroatoms. The molecule has 0 saturated heterocycles. The van der Waals surface area contributed by atoms with Crippen LogP contribution in [0.3, 0.4) is 0 Å². The highest BCUT2D eigenvalue weighted by atomic mass is 16.3. The molecule has 0 fully saturated rings. The van der Waals surface area contributed by atoms with Crippen LogP contribution in [0.15, 0.2) is 24.3 Å². The SMILES string of the molecule is CC(C)(C)CCCc1ccc(O)cc1. The molecule has 1 nitrogen and oxygen atoms in total. The van der Waals surface area contributed by atoms with Crippen LogP contribution in [0, 0.1) is 5.41 Å². The monoisotopic (exact) mass is 192 g/mol. The molecule has 1 aromatic carbocycles. The topological polar surface area (TPSA) is 20.2 Å². The summed E-state index contributed by atoms with van der Waals surface area (Å²) in [6.45, 7) is 6.80. The van der Waals surface area contributed by atoms with Gasteiger partial charge in [-0.2, -0.15) is 0 Å². The van der Waals surface area contributed by atoms with Gasteiger partial charge in [0.2, 0.25) is 0 Å². The second kappa shape index (κ2) is 4.50. The molecule has 0 aromatic heterocycles. The van der Waals surface area contributed by atoms with Crippen LogP contribution in [0.25, 0.3) is 0 Å². The average molecular weight is 192 g/mol. The third-order valence-corrected chi connectivity index (χ3v) is 2.33. The van der Waals surface area contributed by atoms with E-state index in [0.29, 0.717) is 11.2 Å². The van der Waals surface area contributed by atoms with E-state index in [2.05, 4.69) is 20.8 Å². The number of aromatic hydroxyl groups is 1. The number of phenolic OH excluding ortho intramolecular Hbond substituents is 1. The lowest BCUT2D eigenvalue weighted by molar-refractivity contribution is 0.365. The Morgan fingerprint density at radius 3 is 2.14 bits per heavy atom. The molecule has 0 spiro atoms. The lowest BCUT2D eigenvalue weighted by Crippen LogP contribution is -2.04. The molecule has 0 heterocycles. The highest BCUT2D eigenvalue weighted by molar-refractivity contribution is 5.25. The normalized spacial score (nSPS) is 11.6. The number of hydrogen-bond donors (Lipinski definition) is 1. The maximum atomic E-state index is 9.11. The molecule has 0 saturated carbocycles. The summed E-state index contributed by atoms with van der Waals surface area (Å²) in [6.07, 6.45) is 3.57. The van der Waals surface area contributed by atoms with Crippen LogP contribution in [-0.2, 0) is 6.42 Å². The van der Waals surface area contributed by atoms with Crippen molar-refractivity contribution in [2.45, 2.75) is 40.0 Å². The van der Waals surface area contributed by atoms with E-state index < -0.39 is 0 Å². The Bertz CT molecular complexity index is 266. The van der Waals surface area contributed by atoms with Gasteiger partial charge in [0.05, 0.1) is 0 Å². The first-order chi connectivity index (χ1) is 6.47. The third kappa shape index (κ3) is 4.31. The van der Waals surface area contributed by atoms with E-state index in [1.807, 2.05) is 12.1 Å². The lowest BCUT2D eigenvalue weighted by Gasteiger charge is -2.17. The summed E-state index contributed by atoms with van der Waals surface area (Å²) in [6, 6.07) is 7.51. The minimum atomic E-state index is 0.351. The van der Waals surface area contributed by atoms with Gasteiger partial charge in [0.15, 0.2) is 0 Å². The molecular formula is C13H20O. The molecule has 1 N–H and O–H groups in total. The second-order valence-corrected chi connectivity index (χ2v) is 5.08. The van der Waals surface area contributed by atoms with Gasteiger partial charge in [-0.25, -0.2) is 0 Å². The van der Waals surface area contributed by atoms with E-state index in [9.17, 15) is 0 Å². The van der Waals surface area contributed by atoms with Crippen LogP contribution < -0.4 is 0 Å². The van der Waals surface area contributed by atoms with E-state index in [4.69, 9.17) is 5.11 Å². The highest BCUT2D eigenvalue weighted by Crippen LogP contribution is 2.22. The maximum absolute atomic E-state index is 9.11. The van der Waals surface area contributed by atoms with Crippen molar-refractivity contribution < 1.29 is 5.11 Å². The molecule has 0 radical (unpaired) electrons. The number of rotatable bonds is 3. The molecule has 14 heavy (non-hydrogen) atoms. The van der Waals surface area contributed by atoms with Gasteiger partial charge < -0.3 is 5.11 Å². The zero-order chi connectivity index (χ0) is 10.6. The Morgan fingerprint density at radius 1 is 1.07 bits per heavy atom. The molecule has 1 rings (SSSR count). The summed E-state index contributed by atoms with van der Waals surface area (Å²) in [4.78, 5) is 0. The summed E-state index contributed by atoms with van der Waals surface area (Å²) >= 11 is 0. The maximum Gasteiger partial charge on any atom is 0.115 e. The van der Waals surface area contributed by atoms with Crippen molar-refractivity contribution in [3.05, 3.63) is 29.8 Å². The largest absolute Gasteiger partial charge is 0.508 e. The molecule has 0 aliphatic rings. The molecule has 78 valence electrons. The predicted molar refractivity (Wildman–Crippen MR) is 60.5 cm³/mol. The summed E-state index contributed by atoms with van der Waals surface area (Å²) in [5, 5.41) is 9.11. The van der Waals surface area contributed by atoms with Crippen molar-refractivity contribution in [3.63, 3.8) is 0 Å². The second-order valence-electron chi connectivity index (χ2n) is 5.08. The molecule has 1 aromatic rings. The van der Waals surface area contributed by atoms with Gasteiger partial charge in [0.1, 0.15) is 5.75 Å². The fourth-order valence-electron chi connectivity index (χ4n) is 1.49. The number of benzene rings is 1. The lowest BCUT2D eigenvalue weighted by atomic mass is 9.89. The van der Waals surface area contributed by atoms with Gasteiger partial charge >= 0.3 is 0 Å². The molecule has 0 bridgehead atoms. The van der Waals surface area contributed by atoms with Gasteiger partial charge in [-0.05, 0) is 42.4 Å². The van der Waals surface area contributed by atoms with Crippen LogP contribution >= 0.6 is 0 Å². The van der Waals surface area contributed by atoms with Crippen LogP contribution in [-0.4, -0.2) is 5.11 Å². The van der Waals surface area contributed by atoms with Crippen LogP contribution in [0.4, 0.5) is 0 Å². The molecule has 0 unspecified atom stereocenters. The van der Waals surface area contributed by atoms with E-state index in [0.717, 1.165) is 6.42 Å². The quantitative estimate of drug-likeness (QED) is 0.773. The van der Waals surface area contributed by atoms with E-state index in [1.54, 1.807) is 12.1 Å². The molecule has 0 amide bonds. The first kappa shape index (κ1) is 11.1. The van der Waals surface area contributed by atoms with Gasteiger partial charge in [-0.15, -0.1) is 0 Å². The first-order valence-electron chi connectivity index (χ1n) is 5.25. The van der Waals surface area contributed by atoms with Gasteiger partial charge in [0.25, 0.3) is 0 Å². The molecular weight excluding hydrogens is 172 g/mol. The fraction of sp³-hybridized carbons (Fsp3) is 0.538. The van der Waals surface area contributed by atoms with Crippen LogP contribution in [0.2, 0.25) is 0 Å². The van der Waals surface area contributed by atoms with Crippen molar-refractivity contribution in [2.75, 3.05) is 0 Å². The Kier molecular flexibility index (Phi) is 3.56. The van der Waals surface area contributed by atoms with E-state index >= 15 is 0 Å². The van der Waals surface area contributed by atoms with Crippen molar-refractivity contribution in [2.24, 2.45) is 5.41 Å². The molecule has 0 aliphatic carbocycles. The minimum Gasteiger partial charge on any atom is -0.508 e. The number of hydrogen-bond acceptors (Lipinski definition) is 1. The zero-order valence-electron chi connectivity index (χ0n) is 9.38. The van der Waals surface area contributed by atoms with Crippen LogP contribution in [0.1, 0.15) is 39.2 Å². The Hall–Kier alpha value is -0.980. The smallest absolute Gasteiger partial charge is 0.115 e. The Balaban J connectivity index is 2.35. The van der Waals surface area contributed by atoms with Crippen LogP contribution in [0.5, 0.6) is 5.75 Å². The summed E-state index contributed by atoms with van der Waals surface area (Å²) < 4.78 is 0. The molecule has 0 aliphatic heterocycles. The predicted octanol–water partition coefficient (Wildman–Crippen LogP) is 3.76. The van der Waals surface area contributed by atoms with Crippen molar-refractivity contribution in [1.82, 2.24) is 0 Å². The van der Waals surface area contributed by atoms with Gasteiger partial charge in [-0.3, -0.25) is 0 Å². The van der Waals surface area contributed by atoms with Crippen molar-refractivity contribution in [3.8, 4) is 5.75 Å². The van der Waals surface area contributed by atoms with Crippen molar-refractivity contribution in [1.29, 1.82) is 0 Å². The van der Waals surface area contributed by atoms with Crippen molar-refractivity contribution >= 4 is 0 Å². The minimum absolute atomic E-state index is 0.351. The summed E-state index contributed by atoms with van der Waals surface area (Å²) in [5.41, 5.74) is 1.74. The van der Waals surface area contributed by atoms with E-state index in [-0.39, 0.29) is 0 Å². The highest BCUT2D eigenvalue weighted by Gasteiger charge is 2.08. The molecule has 0 atom stereocenters. The van der Waals surface area contributed by atoms with Gasteiger partial charge in [-0.1, -0.05) is 32.9 Å². The Morgan fingerprint density at radius 2 is 1.64 bits per heavy atom. The van der Waals surface area contributed by atoms with Gasteiger partial charge in [0, 0.05) is 0 Å². The Labute approximate surface area is 86.8 Å². The summed E-state index contributed by atoms with van der Waals surface area (Å²) in [7, 11) is 0. The zero-order valence-corrected chi connectivity index (χ0v) is 9.38. The number of phenols is 1. The van der Waals surface area contributed by atoms with E-state index in [1.165, 1.54) is 18.4 Å². The first-order valence-corrected chi connectivity index (χ1v) is 5.25. The summed E-state index contributed by atoms with van der Waals surface area (Å²) in [5.74, 6) is 0.351. The fourth-order valence-corrected chi connectivity index (χ4v) is 1.49. The number of aryl methyl sites for hydroxylation is 1. The third-order valence-electron chi connectivity index (χ3n) is 2.33. The standard InChI is InChI=1S/C13H20O/c1-13(2,3)10-4-5-11-6-8-12(14)9-7-11/h6-9,14H,4-5,10H2,1-3H3. The average Bonchev–Trinajstić information content (AvgIpc) is 2.06.